The summed E-state index contributed by atoms with van der Waals surface area (Å²) >= 11 is 3.27. The highest BCUT2D eigenvalue weighted by Gasteiger charge is 2.23. The average Bonchev–Trinajstić information content (AvgIpc) is 2.70. The first-order chi connectivity index (χ1) is 13.3. The lowest BCUT2D eigenvalue weighted by Gasteiger charge is -2.13. The van der Waals surface area contributed by atoms with Crippen LogP contribution in [-0.4, -0.2) is 16.8 Å². The van der Waals surface area contributed by atoms with E-state index in [2.05, 4.69) is 15.9 Å². The zero-order valence-electron chi connectivity index (χ0n) is 14.4. The van der Waals surface area contributed by atoms with Gasteiger partial charge in [0.15, 0.2) is 11.5 Å². The number of hydrogen-bond donors (Lipinski definition) is 0. The molecule has 3 rings (SSSR count). The molecule has 146 valence electrons. The van der Waals surface area contributed by atoms with E-state index in [9.17, 15) is 16.8 Å². The van der Waals surface area contributed by atoms with Crippen molar-refractivity contribution in [2.45, 2.75) is 15.1 Å². The molecule has 0 aliphatic carbocycles. The van der Waals surface area contributed by atoms with E-state index in [1.54, 1.807) is 42.5 Å². The van der Waals surface area contributed by atoms with Crippen molar-refractivity contribution in [2.75, 3.05) is 0 Å². The molecule has 0 N–H and O–H groups in total. The molecule has 0 unspecified atom stereocenters. The van der Waals surface area contributed by atoms with Crippen molar-refractivity contribution in [3.8, 4) is 11.5 Å². The largest absolute Gasteiger partial charge is 0.375 e. The highest BCUT2D eigenvalue weighted by molar-refractivity contribution is 9.08. The first-order valence-electron chi connectivity index (χ1n) is 8.00. The maximum absolute atomic E-state index is 12.6. The van der Waals surface area contributed by atoms with Gasteiger partial charge in [-0.3, -0.25) is 0 Å². The third-order valence-corrected chi connectivity index (χ3v) is 6.77. The number of hydrogen-bond acceptors (Lipinski definition) is 6. The van der Waals surface area contributed by atoms with Crippen LogP contribution in [0.3, 0.4) is 0 Å². The summed E-state index contributed by atoms with van der Waals surface area (Å²) in [5, 5.41) is 0.417. The molecule has 0 aliphatic heterocycles. The van der Waals surface area contributed by atoms with E-state index in [1.807, 2.05) is 0 Å². The molecule has 0 saturated heterocycles. The van der Waals surface area contributed by atoms with E-state index in [0.717, 1.165) is 0 Å². The molecule has 0 spiro atoms. The van der Waals surface area contributed by atoms with Crippen molar-refractivity contribution in [1.82, 2.24) is 0 Å². The Labute approximate surface area is 172 Å². The van der Waals surface area contributed by atoms with E-state index in [1.165, 1.54) is 36.4 Å². The summed E-state index contributed by atoms with van der Waals surface area (Å²) in [6.45, 7) is 0. The summed E-state index contributed by atoms with van der Waals surface area (Å²) in [6, 6.07) is 19.5. The van der Waals surface area contributed by atoms with Gasteiger partial charge in [0.25, 0.3) is 0 Å². The number of benzene rings is 3. The zero-order chi connectivity index (χ0) is 20.2. The molecule has 3 aromatic rings. The highest BCUT2D eigenvalue weighted by Crippen LogP contribution is 2.33. The van der Waals surface area contributed by atoms with Crippen LogP contribution in [0.25, 0.3) is 0 Å². The fourth-order valence-electron chi connectivity index (χ4n) is 2.28. The van der Waals surface area contributed by atoms with Gasteiger partial charge in [-0.2, -0.15) is 16.8 Å². The molecule has 0 bridgehead atoms. The van der Waals surface area contributed by atoms with Crippen molar-refractivity contribution in [2.24, 2.45) is 0 Å². The fourth-order valence-corrected chi connectivity index (χ4v) is 4.54. The zero-order valence-corrected chi connectivity index (χ0v) is 17.6. The van der Waals surface area contributed by atoms with Crippen LogP contribution in [0.2, 0.25) is 0 Å². The van der Waals surface area contributed by atoms with Crippen LogP contribution in [-0.2, 0) is 25.6 Å². The van der Waals surface area contributed by atoms with Gasteiger partial charge in [-0.25, -0.2) is 0 Å². The van der Waals surface area contributed by atoms with Crippen LogP contribution in [0.1, 0.15) is 5.56 Å². The first-order valence-corrected chi connectivity index (χ1v) is 11.9. The van der Waals surface area contributed by atoms with Crippen molar-refractivity contribution >= 4 is 36.2 Å². The Hall–Kier alpha value is -2.36. The van der Waals surface area contributed by atoms with Gasteiger partial charge >= 0.3 is 20.2 Å². The maximum Gasteiger partial charge on any atom is 0.339 e. The predicted octanol–water partition coefficient (Wildman–Crippen LogP) is 4.12. The Morgan fingerprint density at radius 1 is 0.643 bits per heavy atom. The van der Waals surface area contributed by atoms with E-state index >= 15 is 0 Å². The van der Waals surface area contributed by atoms with E-state index in [4.69, 9.17) is 8.37 Å². The van der Waals surface area contributed by atoms with Gasteiger partial charge < -0.3 is 8.37 Å². The highest BCUT2D eigenvalue weighted by atomic mass is 79.9. The van der Waals surface area contributed by atoms with Gasteiger partial charge in [0.2, 0.25) is 0 Å². The molecule has 9 heteroatoms. The molecule has 0 amide bonds. The van der Waals surface area contributed by atoms with Gasteiger partial charge in [0, 0.05) is 5.33 Å². The SMILES string of the molecule is O=S(=O)(Oc1ccc(CBr)cc1OS(=O)(=O)c1ccccc1)c1ccccc1. The summed E-state index contributed by atoms with van der Waals surface area (Å²) in [5.74, 6) is -0.451. The monoisotopic (exact) mass is 482 g/mol. The Morgan fingerprint density at radius 3 is 1.57 bits per heavy atom. The predicted molar refractivity (Wildman–Crippen MR) is 108 cm³/mol. The second-order valence-electron chi connectivity index (χ2n) is 5.62. The normalized spacial score (nSPS) is 11.8. The lowest BCUT2D eigenvalue weighted by molar-refractivity contribution is 0.449. The summed E-state index contributed by atoms with van der Waals surface area (Å²) in [6.07, 6.45) is 0. The van der Waals surface area contributed by atoms with Gasteiger partial charge in [-0.05, 0) is 42.0 Å². The first kappa shape index (κ1) is 20.4. The lowest BCUT2D eigenvalue weighted by atomic mass is 10.2. The summed E-state index contributed by atoms with van der Waals surface area (Å²) in [7, 11) is -8.33. The number of rotatable bonds is 7. The third kappa shape index (κ3) is 4.73. The lowest BCUT2D eigenvalue weighted by Crippen LogP contribution is -2.13. The van der Waals surface area contributed by atoms with Crippen molar-refractivity contribution < 1.29 is 25.2 Å². The van der Waals surface area contributed by atoms with Crippen LogP contribution in [0.15, 0.2) is 88.7 Å². The molecular formula is C19H15BrO6S2. The minimum absolute atomic E-state index is 0.0589. The molecule has 3 aromatic carbocycles. The van der Waals surface area contributed by atoms with Crippen molar-refractivity contribution in [3.05, 3.63) is 84.4 Å². The molecule has 0 saturated carbocycles. The third-order valence-electron chi connectivity index (χ3n) is 3.63. The van der Waals surface area contributed by atoms with E-state index in [-0.39, 0.29) is 21.3 Å². The van der Waals surface area contributed by atoms with Crippen molar-refractivity contribution in [1.29, 1.82) is 0 Å². The molecule has 0 radical (unpaired) electrons. The standard InChI is InChI=1S/C19H15BrO6S2/c20-14-15-11-12-18(25-27(21,22)16-7-3-1-4-8-16)19(13-15)26-28(23,24)17-9-5-2-6-10-17/h1-13H,14H2. The molecule has 6 nitrogen and oxygen atoms in total. The number of alkyl halides is 1. The van der Waals surface area contributed by atoms with Gasteiger partial charge in [0.05, 0.1) is 0 Å². The molecule has 0 fully saturated rings. The Kier molecular flexibility index (Phi) is 6.07. The van der Waals surface area contributed by atoms with E-state index < -0.39 is 20.2 Å². The van der Waals surface area contributed by atoms with Crippen LogP contribution < -0.4 is 8.37 Å². The van der Waals surface area contributed by atoms with Gasteiger partial charge in [-0.15, -0.1) is 0 Å². The van der Waals surface area contributed by atoms with Gasteiger partial charge in [0.1, 0.15) is 9.79 Å². The van der Waals surface area contributed by atoms with Crippen LogP contribution >= 0.6 is 15.9 Å². The maximum atomic E-state index is 12.6. The molecule has 0 heterocycles. The second kappa shape index (κ2) is 8.34. The average molecular weight is 483 g/mol. The van der Waals surface area contributed by atoms with E-state index in [0.29, 0.717) is 10.9 Å². The van der Waals surface area contributed by atoms with Crippen LogP contribution in [0, 0.1) is 0 Å². The van der Waals surface area contributed by atoms with Crippen LogP contribution in [0.5, 0.6) is 11.5 Å². The molecule has 28 heavy (non-hydrogen) atoms. The van der Waals surface area contributed by atoms with Crippen LogP contribution in [0.4, 0.5) is 0 Å². The Bertz CT molecular complexity index is 1160. The quantitative estimate of drug-likeness (QED) is 0.371. The summed E-state index contributed by atoms with van der Waals surface area (Å²) < 4.78 is 60.5. The molecular weight excluding hydrogens is 468 g/mol. The molecule has 0 aromatic heterocycles. The second-order valence-corrected chi connectivity index (χ2v) is 9.27. The summed E-state index contributed by atoms with van der Waals surface area (Å²) in [5.41, 5.74) is 0.683. The summed E-state index contributed by atoms with van der Waals surface area (Å²) in [4.78, 5) is -0.118. The fraction of sp³-hybridized carbons (Fsp3) is 0.0526. The Balaban J connectivity index is 1.99. The van der Waals surface area contributed by atoms with Crippen molar-refractivity contribution in [3.63, 3.8) is 0 Å². The molecule has 0 atom stereocenters. The smallest absolute Gasteiger partial charge is 0.339 e. The molecule has 0 aliphatic rings. The minimum atomic E-state index is -4.17. The number of halogens is 1. The topological polar surface area (TPSA) is 86.7 Å². The Morgan fingerprint density at radius 2 is 1.11 bits per heavy atom. The van der Waals surface area contributed by atoms with Gasteiger partial charge in [-0.1, -0.05) is 58.4 Å². The minimum Gasteiger partial charge on any atom is -0.375 e.